The molecule has 21 heavy (non-hydrogen) atoms. The normalized spacial score (nSPS) is 11.4. The van der Waals surface area contributed by atoms with Gasteiger partial charge in [0.1, 0.15) is 10.7 Å². The first-order chi connectivity index (χ1) is 9.68. The highest BCUT2D eigenvalue weighted by Crippen LogP contribution is 2.20. The van der Waals surface area contributed by atoms with Crippen molar-refractivity contribution in [2.24, 2.45) is 12.2 Å². The van der Waals surface area contributed by atoms with E-state index in [4.69, 9.17) is 5.14 Å². The maximum Gasteiger partial charge on any atom is 0.256 e. The molecule has 0 aliphatic rings. The number of halogens is 2. The topological polar surface area (TPSA) is 107 Å². The molecule has 2 aromatic rings. The number of aromatic nitrogens is 2. The number of hydrogen-bond donors (Lipinski definition) is 2. The monoisotopic (exact) mass is 376 g/mol. The second-order valence-electron chi connectivity index (χ2n) is 4.14. The van der Waals surface area contributed by atoms with Crippen molar-refractivity contribution in [3.05, 3.63) is 40.2 Å². The molecule has 0 atom stereocenters. The summed E-state index contributed by atoms with van der Waals surface area (Å²) in [6, 6.07) is 3.64. The molecule has 112 valence electrons. The van der Waals surface area contributed by atoms with Gasteiger partial charge < -0.3 is 5.32 Å². The molecule has 0 aliphatic carbocycles. The van der Waals surface area contributed by atoms with Crippen LogP contribution in [0.5, 0.6) is 0 Å². The Hall–Kier alpha value is -1.78. The lowest BCUT2D eigenvalue weighted by molar-refractivity contribution is 0.102. The summed E-state index contributed by atoms with van der Waals surface area (Å²) >= 11 is 2.96. The van der Waals surface area contributed by atoms with Crippen molar-refractivity contribution in [2.75, 3.05) is 5.32 Å². The lowest BCUT2D eigenvalue weighted by atomic mass is 10.2. The first kappa shape index (κ1) is 15.6. The zero-order chi connectivity index (χ0) is 15.8. The largest absolute Gasteiger partial charge is 0.304 e. The number of nitrogens with one attached hydrogen (secondary N) is 1. The van der Waals surface area contributed by atoms with Crippen LogP contribution >= 0.6 is 15.9 Å². The molecule has 0 fully saturated rings. The van der Waals surface area contributed by atoms with Gasteiger partial charge in [-0.2, -0.15) is 5.10 Å². The third-order valence-electron chi connectivity index (χ3n) is 2.52. The third kappa shape index (κ3) is 3.46. The highest BCUT2D eigenvalue weighted by molar-refractivity contribution is 9.10. The molecule has 1 aromatic heterocycles. The Labute approximate surface area is 128 Å². The summed E-state index contributed by atoms with van der Waals surface area (Å²) in [6.45, 7) is 0. The number of nitrogens with two attached hydrogens (primary N) is 1. The number of primary sulfonamides is 1. The Morgan fingerprint density at radius 3 is 2.71 bits per heavy atom. The van der Waals surface area contributed by atoms with Crippen LogP contribution in [-0.2, 0) is 17.1 Å². The van der Waals surface area contributed by atoms with E-state index < -0.39 is 21.7 Å². The van der Waals surface area contributed by atoms with Crippen molar-refractivity contribution >= 4 is 37.7 Å². The Morgan fingerprint density at radius 2 is 2.14 bits per heavy atom. The maximum absolute atomic E-state index is 13.1. The predicted molar refractivity (Wildman–Crippen MR) is 76.6 cm³/mol. The first-order valence-corrected chi connectivity index (χ1v) is 7.85. The van der Waals surface area contributed by atoms with Crippen LogP contribution in [0.1, 0.15) is 10.4 Å². The molecule has 0 spiro atoms. The van der Waals surface area contributed by atoms with E-state index in [0.29, 0.717) is 0 Å². The second kappa shape index (κ2) is 5.54. The maximum atomic E-state index is 13.1. The Balaban J connectivity index is 2.34. The minimum Gasteiger partial charge on any atom is -0.304 e. The summed E-state index contributed by atoms with van der Waals surface area (Å²) in [6.07, 6.45) is 1.17. The number of sulfonamides is 1. The van der Waals surface area contributed by atoms with Gasteiger partial charge >= 0.3 is 0 Å². The van der Waals surface area contributed by atoms with Crippen LogP contribution < -0.4 is 10.5 Å². The minimum atomic E-state index is -4.02. The molecule has 1 aromatic carbocycles. The minimum absolute atomic E-state index is 0.114. The molecule has 2 rings (SSSR count). The van der Waals surface area contributed by atoms with Gasteiger partial charge in [-0.3, -0.25) is 9.48 Å². The van der Waals surface area contributed by atoms with Crippen molar-refractivity contribution in [2.45, 2.75) is 4.90 Å². The number of hydrogen-bond acceptors (Lipinski definition) is 4. The number of anilines is 1. The number of carbonyl (C=O) groups excluding carboxylic acids is 1. The van der Waals surface area contributed by atoms with Gasteiger partial charge in [-0.25, -0.2) is 17.9 Å². The van der Waals surface area contributed by atoms with Crippen LogP contribution in [-0.4, -0.2) is 24.1 Å². The summed E-state index contributed by atoms with van der Waals surface area (Å²) in [5.74, 6) is -1.35. The van der Waals surface area contributed by atoms with Gasteiger partial charge in [-0.05, 0) is 34.1 Å². The van der Waals surface area contributed by atoms with E-state index in [1.54, 1.807) is 0 Å². The van der Waals surface area contributed by atoms with Gasteiger partial charge in [0.2, 0.25) is 10.0 Å². The molecule has 0 saturated carbocycles. The molecular formula is C11H10BrFN4O3S. The molecule has 1 heterocycles. The zero-order valence-electron chi connectivity index (χ0n) is 10.7. The summed E-state index contributed by atoms with van der Waals surface area (Å²) in [5, 5.41) is 11.2. The number of amides is 1. The Bertz CT molecular complexity index is 819. The van der Waals surface area contributed by atoms with Gasteiger partial charge in [-0.1, -0.05) is 0 Å². The summed E-state index contributed by atoms with van der Waals surface area (Å²) in [7, 11) is -2.54. The van der Waals surface area contributed by atoms with E-state index in [1.165, 1.54) is 30.1 Å². The van der Waals surface area contributed by atoms with Gasteiger partial charge in [0.25, 0.3) is 5.91 Å². The lowest BCUT2D eigenvalue weighted by Crippen LogP contribution is -2.17. The summed E-state index contributed by atoms with van der Waals surface area (Å²) < 4.78 is 37.2. The van der Waals surface area contributed by atoms with Crippen LogP contribution in [0.25, 0.3) is 0 Å². The first-order valence-electron chi connectivity index (χ1n) is 5.51. The van der Waals surface area contributed by atoms with Crippen molar-refractivity contribution in [3.8, 4) is 0 Å². The lowest BCUT2D eigenvalue weighted by Gasteiger charge is -2.05. The second-order valence-corrected chi connectivity index (χ2v) is 6.53. The number of benzene rings is 1. The van der Waals surface area contributed by atoms with E-state index >= 15 is 0 Å². The fourth-order valence-corrected chi connectivity index (χ4v) is 2.62. The smallest absolute Gasteiger partial charge is 0.256 e. The predicted octanol–water partition coefficient (Wildman–Crippen LogP) is 1.22. The summed E-state index contributed by atoms with van der Waals surface area (Å²) in [5.41, 5.74) is 0.134. The Kier molecular flexibility index (Phi) is 4.12. The van der Waals surface area contributed by atoms with Crippen LogP contribution in [0.15, 0.2) is 33.8 Å². The molecule has 0 aliphatic heterocycles. The SMILES string of the molecule is Cn1cc(S(N)(=O)=O)c(NC(=O)c2ccc(F)c(Br)c2)n1. The highest BCUT2D eigenvalue weighted by atomic mass is 79.9. The van der Waals surface area contributed by atoms with Crippen molar-refractivity contribution in [3.63, 3.8) is 0 Å². The number of carbonyl (C=O) groups is 1. The Morgan fingerprint density at radius 1 is 1.48 bits per heavy atom. The van der Waals surface area contributed by atoms with Crippen LogP contribution in [0.4, 0.5) is 10.2 Å². The van der Waals surface area contributed by atoms with E-state index in [1.807, 2.05) is 0 Å². The fraction of sp³-hybridized carbons (Fsp3) is 0.0909. The van der Waals surface area contributed by atoms with Gasteiger partial charge in [0.15, 0.2) is 5.82 Å². The molecule has 7 nitrogen and oxygen atoms in total. The standard InChI is InChI=1S/C11H10BrFN4O3S/c1-17-5-9(21(14,19)20)10(16-17)15-11(18)6-2-3-8(13)7(12)4-6/h2-5H,1H3,(H2,14,19,20)(H,15,16,18). The molecular weight excluding hydrogens is 367 g/mol. The van der Waals surface area contributed by atoms with Crippen LogP contribution in [0.2, 0.25) is 0 Å². The molecule has 0 saturated heterocycles. The molecule has 0 radical (unpaired) electrons. The van der Waals surface area contributed by atoms with Crippen molar-refractivity contribution < 1.29 is 17.6 Å². The molecule has 10 heteroatoms. The van der Waals surface area contributed by atoms with E-state index in [9.17, 15) is 17.6 Å². The number of rotatable bonds is 3. The average Bonchev–Trinajstić information content (AvgIpc) is 2.73. The number of aryl methyl sites for hydroxylation is 1. The van der Waals surface area contributed by atoms with Crippen LogP contribution in [0, 0.1) is 5.82 Å². The van der Waals surface area contributed by atoms with E-state index in [0.717, 1.165) is 6.07 Å². The molecule has 0 bridgehead atoms. The molecule has 3 N–H and O–H groups in total. The zero-order valence-corrected chi connectivity index (χ0v) is 13.1. The number of nitrogens with zero attached hydrogens (tertiary/aromatic N) is 2. The van der Waals surface area contributed by atoms with Gasteiger partial charge in [0, 0.05) is 18.8 Å². The van der Waals surface area contributed by atoms with Gasteiger partial charge in [0.05, 0.1) is 4.47 Å². The van der Waals surface area contributed by atoms with Gasteiger partial charge in [-0.15, -0.1) is 0 Å². The fourth-order valence-electron chi connectivity index (χ4n) is 1.58. The molecule has 0 unspecified atom stereocenters. The molecule has 1 amide bonds. The summed E-state index contributed by atoms with van der Waals surface area (Å²) in [4.78, 5) is 11.7. The quantitative estimate of drug-likeness (QED) is 0.839. The van der Waals surface area contributed by atoms with Crippen molar-refractivity contribution in [1.29, 1.82) is 0 Å². The van der Waals surface area contributed by atoms with E-state index in [2.05, 4.69) is 26.3 Å². The van der Waals surface area contributed by atoms with Crippen molar-refractivity contribution in [1.82, 2.24) is 9.78 Å². The van der Waals surface area contributed by atoms with Crippen LogP contribution in [0.3, 0.4) is 0 Å². The van der Waals surface area contributed by atoms with E-state index in [-0.39, 0.29) is 20.7 Å². The average molecular weight is 377 g/mol. The highest BCUT2D eigenvalue weighted by Gasteiger charge is 2.20. The third-order valence-corrected chi connectivity index (χ3v) is 4.03.